The summed E-state index contributed by atoms with van der Waals surface area (Å²) in [6, 6.07) is 1.77. The van der Waals surface area contributed by atoms with Gasteiger partial charge in [0.15, 0.2) is 0 Å². The summed E-state index contributed by atoms with van der Waals surface area (Å²) in [5.41, 5.74) is 7.09. The third-order valence-electron chi connectivity index (χ3n) is 2.87. The molecule has 0 bridgehead atoms. The molecule has 82 valence electrons. The van der Waals surface area contributed by atoms with E-state index in [2.05, 4.69) is 0 Å². The zero-order chi connectivity index (χ0) is 10.8. The maximum absolute atomic E-state index is 12.1. The van der Waals surface area contributed by atoms with Gasteiger partial charge in [0.1, 0.15) is 5.69 Å². The number of aryl methyl sites for hydroxylation is 1. The van der Waals surface area contributed by atoms with Crippen LogP contribution in [0.5, 0.6) is 0 Å². The highest BCUT2D eigenvalue weighted by molar-refractivity contribution is 5.94. The molecular weight excluding hydrogens is 190 g/mol. The Morgan fingerprint density at radius 1 is 1.47 bits per heavy atom. The Morgan fingerprint density at radius 3 is 2.73 bits per heavy atom. The molecule has 1 amide bonds. The van der Waals surface area contributed by atoms with Crippen LogP contribution in [0.1, 0.15) is 30.3 Å². The lowest BCUT2D eigenvalue weighted by molar-refractivity contribution is 0.0782. The van der Waals surface area contributed by atoms with Gasteiger partial charge in [-0.2, -0.15) is 0 Å². The molecule has 0 aromatic carbocycles. The Labute approximate surface area is 89.7 Å². The first kappa shape index (κ1) is 10.1. The molecule has 1 aromatic heterocycles. The van der Waals surface area contributed by atoms with E-state index in [9.17, 15) is 4.79 Å². The van der Waals surface area contributed by atoms with Crippen LogP contribution in [0.3, 0.4) is 0 Å². The molecule has 1 aliphatic heterocycles. The van der Waals surface area contributed by atoms with Crippen molar-refractivity contribution in [2.75, 3.05) is 18.8 Å². The molecule has 0 aliphatic carbocycles. The molecule has 2 heterocycles. The molecule has 1 fully saturated rings. The molecule has 0 radical (unpaired) electrons. The third kappa shape index (κ3) is 1.84. The van der Waals surface area contributed by atoms with E-state index in [4.69, 9.17) is 5.73 Å². The maximum atomic E-state index is 12.1. The van der Waals surface area contributed by atoms with Crippen molar-refractivity contribution in [3.05, 3.63) is 18.0 Å². The Hall–Kier alpha value is -1.45. The predicted octanol–water partition coefficient (Wildman–Crippen LogP) is 1.33. The summed E-state index contributed by atoms with van der Waals surface area (Å²) in [7, 11) is 0. The molecule has 4 heteroatoms. The fourth-order valence-electron chi connectivity index (χ4n) is 2.06. The Morgan fingerprint density at radius 2 is 2.13 bits per heavy atom. The van der Waals surface area contributed by atoms with Crippen LogP contribution in [0.2, 0.25) is 0 Å². The Bertz CT molecular complexity index is 364. The predicted molar refractivity (Wildman–Crippen MR) is 59.7 cm³/mol. The van der Waals surface area contributed by atoms with E-state index >= 15 is 0 Å². The lowest BCUT2D eigenvalue weighted by atomic mass is 10.3. The molecule has 0 atom stereocenters. The number of carbonyl (C=O) groups is 1. The topological polar surface area (TPSA) is 51.3 Å². The molecule has 0 saturated carbocycles. The minimum Gasteiger partial charge on any atom is -0.397 e. The molecule has 4 nitrogen and oxygen atoms in total. The van der Waals surface area contributed by atoms with Crippen LogP contribution in [-0.2, 0) is 6.54 Å². The van der Waals surface area contributed by atoms with Gasteiger partial charge in [0, 0.05) is 25.8 Å². The monoisotopic (exact) mass is 207 g/mol. The fourth-order valence-corrected chi connectivity index (χ4v) is 2.06. The second-order valence-corrected chi connectivity index (χ2v) is 3.94. The van der Waals surface area contributed by atoms with Crippen LogP contribution < -0.4 is 5.73 Å². The first-order valence-corrected chi connectivity index (χ1v) is 5.47. The number of anilines is 1. The number of nitrogen functional groups attached to an aromatic ring is 1. The molecule has 0 spiro atoms. The van der Waals surface area contributed by atoms with Gasteiger partial charge in [-0.15, -0.1) is 0 Å². The average Bonchev–Trinajstić information content (AvgIpc) is 2.84. The zero-order valence-electron chi connectivity index (χ0n) is 9.07. The summed E-state index contributed by atoms with van der Waals surface area (Å²) in [5, 5.41) is 0. The number of aromatic nitrogens is 1. The first-order valence-electron chi connectivity index (χ1n) is 5.47. The van der Waals surface area contributed by atoms with Gasteiger partial charge in [-0.1, -0.05) is 0 Å². The van der Waals surface area contributed by atoms with Gasteiger partial charge in [-0.3, -0.25) is 4.79 Å². The molecule has 1 saturated heterocycles. The normalized spacial score (nSPS) is 15.9. The highest BCUT2D eigenvalue weighted by Gasteiger charge is 2.22. The summed E-state index contributed by atoms with van der Waals surface area (Å²) in [6.45, 7) is 4.56. The van der Waals surface area contributed by atoms with Crippen LogP contribution in [0, 0.1) is 0 Å². The first-order chi connectivity index (χ1) is 7.22. The van der Waals surface area contributed by atoms with Gasteiger partial charge in [0.05, 0.1) is 5.69 Å². The average molecular weight is 207 g/mol. The van der Waals surface area contributed by atoms with E-state index in [0.717, 1.165) is 38.2 Å². The second-order valence-electron chi connectivity index (χ2n) is 3.94. The van der Waals surface area contributed by atoms with Crippen molar-refractivity contribution in [3.63, 3.8) is 0 Å². The number of amides is 1. The number of nitrogens with two attached hydrogens (primary N) is 1. The largest absolute Gasteiger partial charge is 0.397 e. The minimum absolute atomic E-state index is 0.117. The third-order valence-corrected chi connectivity index (χ3v) is 2.87. The fraction of sp³-hybridized carbons (Fsp3) is 0.545. The van der Waals surface area contributed by atoms with Crippen molar-refractivity contribution in [2.24, 2.45) is 0 Å². The van der Waals surface area contributed by atoms with Crippen LogP contribution in [0.4, 0.5) is 5.69 Å². The van der Waals surface area contributed by atoms with E-state index in [0.29, 0.717) is 5.69 Å². The lowest BCUT2D eigenvalue weighted by Crippen LogP contribution is -2.29. The van der Waals surface area contributed by atoms with Gasteiger partial charge in [0.2, 0.25) is 0 Å². The SMILES string of the molecule is CCn1cc(N)cc1C(=O)N1CCCC1. The molecule has 1 aliphatic rings. The highest BCUT2D eigenvalue weighted by atomic mass is 16.2. The van der Waals surface area contributed by atoms with Crippen LogP contribution >= 0.6 is 0 Å². The smallest absolute Gasteiger partial charge is 0.270 e. The molecule has 2 rings (SSSR count). The second kappa shape index (κ2) is 3.96. The van der Waals surface area contributed by atoms with Crippen molar-refractivity contribution in [1.82, 2.24) is 9.47 Å². The summed E-state index contributed by atoms with van der Waals surface area (Å²) in [5.74, 6) is 0.117. The minimum atomic E-state index is 0.117. The molecule has 2 N–H and O–H groups in total. The lowest BCUT2D eigenvalue weighted by Gasteiger charge is -2.16. The molecular formula is C11H17N3O. The van der Waals surface area contributed by atoms with E-state index in [1.807, 2.05) is 22.6 Å². The van der Waals surface area contributed by atoms with Gasteiger partial charge in [-0.25, -0.2) is 0 Å². The van der Waals surface area contributed by atoms with E-state index in [1.54, 1.807) is 6.07 Å². The van der Waals surface area contributed by atoms with E-state index in [1.165, 1.54) is 0 Å². The van der Waals surface area contributed by atoms with Gasteiger partial charge >= 0.3 is 0 Å². The van der Waals surface area contributed by atoms with Crippen LogP contribution in [0.15, 0.2) is 12.3 Å². The quantitative estimate of drug-likeness (QED) is 0.795. The molecule has 1 aromatic rings. The van der Waals surface area contributed by atoms with Crippen molar-refractivity contribution < 1.29 is 4.79 Å². The van der Waals surface area contributed by atoms with E-state index in [-0.39, 0.29) is 5.91 Å². The van der Waals surface area contributed by atoms with Gasteiger partial charge in [-0.05, 0) is 25.8 Å². The summed E-state index contributed by atoms with van der Waals surface area (Å²) >= 11 is 0. The summed E-state index contributed by atoms with van der Waals surface area (Å²) in [4.78, 5) is 14.0. The summed E-state index contributed by atoms with van der Waals surface area (Å²) < 4.78 is 1.91. The molecule has 15 heavy (non-hydrogen) atoms. The number of hydrogen-bond donors (Lipinski definition) is 1. The Balaban J connectivity index is 2.23. The number of nitrogens with zero attached hydrogens (tertiary/aromatic N) is 2. The van der Waals surface area contributed by atoms with Crippen molar-refractivity contribution in [2.45, 2.75) is 26.3 Å². The van der Waals surface area contributed by atoms with Crippen LogP contribution in [-0.4, -0.2) is 28.5 Å². The highest BCUT2D eigenvalue weighted by Crippen LogP contribution is 2.16. The Kier molecular flexibility index (Phi) is 2.66. The van der Waals surface area contributed by atoms with Crippen molar-refractivity contribution in [1.29, 1.82) is 0 Å². The summed E-state index contributed by atoms with van der Waals surface area (Å²) in [6.07, 6.45) is 4.06. The van der Waals surface area contributed by atoms with E-state index < -0.39 is 0 Å². The standard InChI is InChI=1S/C11H17N3O/c1-2-13-8-9(12)7-10(13)11(15)14-5-3-4-6-14/h7-8H,2-6,12H2,1H3. The van der Waals surface area contributed by atoms with Crippen LogP contribution in [0.25, 0.3) is 0 Å². The number of likely N-dealkylation sites (tertiary alicyclic amines) is 1. The number of rotatable bonds is 2. The number of hydrogen-bond acceptors (Lipinski definition) is 2. The zero-order valence-corrected chi connectivity index (χ0v) is 9.07. The maximum Gasteiger partial charge on any atom is 0.270 e. The van der Waals surface area contributed by atoms with Crippen molar-refractivity contribution in [3.8, 4) is 0 Å². The molecule has 0 unspecified atom stereocenters. The van der Waals surface area contributed by atoms with Gasteiger partial charge in [0.25, 0.3) is 5.91 Å². The van der Waals surface area contributed by atoms with Gasteiger partial charge < -0.3 is 15.2 Å². The van der Waals surface area contributed by atoms with Crippen molar-refractivity contribution >= 4 is 11.6 Å². The number of carbonyl (C=O) groups excluding carboxylic acids is 1.